The summed E-state index contributed by atoms with van der Waals surface area (Å²) >= 11 is 1.39. The summed E-state index contributed by atoms with van der Waals surface area (Å²) in [7, 11) is 1.69. The van der Waals surface area contributed by atoms with Crippen molar-refractivity contribution in [2.45, 2.75) is 18.1 Å². The molecule has 1 amide bonds. The molecule has 0 aliphatic heterocycles. The van der Waals surface area contributed by atoms with Crippen molar-refractivity contribution >= 4 is 17.7 Å². The van der Waals surface area contributed by atoms with Gasteiger partial charge in [-0.2, -0.15) is 0 Å². The molecule has 1 heterocycles. The topological polar surface area (TPSA) is 96.7 Å². The molecule has 0 aromatic carbocycles. The number of carbonyl (C=O) groups is 1. The van der Waals surface area contributed by atoms with Crippen molar-refractivity contribution in [3.8, 4) is 0 Å². The highest BCUT2D eigenvalue weighted by Gasteiger charge is 2.13. The van der Waals surface area contributed by atoms with Crippen LogP contribution < -0.4 is 11.1 Å². The van der Waals surface area contributed by atoms with E-state index >= 15 is 0 Å². The second-order valence-electron chi connectivity index (χ2n) is 2.76. The van der Waals surface area contributed by atoms with Gasteiger partial charge in [-0.25, -0.2) is 4.98 Å². The van der Waals surface area contributed by atoms with Gasteiger partial charge >= 0.3 is 0 Å². The molecule has 7 heteroatoms. The number of carbonyl (C=O) groups excluding carboxylic acids is 1. The van der Waals surface area contributed by atoms with Crippen molar-refractivity contribution in [3.05, 3.63) is 5.82 Å². The molecule has 1 aromatic heterocycles. The fourth-order valence-electron chi connectivity index (χ4n) is 0.852. The van der Waals surface area contributed by atoms with Gasteiger partial charge in [0, 0.05) is 5.75 Å². The van der Waals surface area contributed by atoms with Crippen molar-refractivity contribution in [1.29, 1.82) is 0 Å². The monoisotopic (exact) mass is 215 g/mol. The van der Waals surface area contributed by atoms with Gasteiger partial charge in [0.2, 0.25) is 11.1 Å². The van der Waals surface area contributed by atoms with E-state index in [4.69, 9.17) is 5.73 Å². The van der Waals surface area contributed by atoms with Gasteiger partial charge in [0.1, 0.15) is 5.82 Å². The van der Waals surface area contributed by atoms with Gasteiger partial charge in [-0.3, -0.25) is 9.89 Å². The first-order chi connectivity index (χ1) is 6.63. The Kier molecular flexibility index (Phi) is 3.90. The molecule has 6 nitrogen and oxygen atoms in total. The van der Waals surface area contributed by atoms with Crippen molar-refractivity contribution in [3.63, 3.8) is 0 Å². The average molecular weight is 215 g/mol. The molecule has 0 radical (unpaired) electrons. The Morgan fingerprint density at radius 3 is 2.93 bits per heavy atom. The Hall–Kier alpha value is -1.08. The number of nitrogens with two attached hydrogens (primary N) is 1. The molecule has 0 saturated carbocycles. The van der Waals surface area contributed by atoms with Crippen LogP contribution in [-0.2, 0) is 4.79 Å². The van der Waals surface area contributed by atoms with E-state index in [-0.39, 0.29) is 11.9 Å². The molecule has 1 rings (SSSR count). The van der Waals surface area contributed by atoms with Crippen LogP contribution in [0.25, 0.3) is 0 Å². The van der Waals surface area contributed by atoms with E-state index in [9.17, 15) is 4.79 Å². The van der Waals surface area contributed by atoms with Crippen molar-refractivity contribution in [1.82, 2.24) is 20.5 Å². The number of likely N-dealkylation sites (N-methyl/N-ethyl adjacent to an activating group) is 1. The van der Waals surface area contributed by atoms with E-state index in [0.29, 0.717) is 10.9 Å². The molecule has 1 aromatic rings. The average Bonchev–Trinajstić information content (AvgIpc) is 2.52. The van der Waals surface area contributed by atoms with E-state index in [2.05, 4.69) is 20.5 Å². The summed E-state index contributed by atoms with van der Waals surface area (Å²) < 4.78 is 0. The van der Waals surface area contributed by atoms with E-state index in [1.807, 2.05) is 6.92 Å². The predicted molar refractivity (Wildman–Crippen MR) is 53.9 cm³/mol. The molecule has 14 heavy (non-hydrogen) atoms. The summed E-state index contributed by atoms with van der Waals surface area (Å²) in [4.78, 5) is 14.9. The minimum atomic E-state index is -0.368. The number of aryl methyl sites for hydroxylation is 1. The number of H-pyrrole nitrogens is 1. The molecule has 0 saturated heterocycles. The van der Waals surface area contributed by atoms with Crippen molar-refractivity contribution in [2.24, 2.45) is 5.73 Å². The number of primary amides is 1. The van der Waals surface area contributed by atoms with Gasteiger partial charge in [0.15, 0.2) is 0 Å². The molecule has 0 spiro atoms. The summed E-state index contributed by atoms with van der Waals surface area (Å²) in [6.07, 6.45) is 0. The lowest BCUT2D eigenvalue weighted by molar-refractivity contribution is -0.119. The molecule has 78 valence electrons. The predicted octanol–water partition coefficient (Wildman–Crippen LogP) is -0.721. The van der Waals surface area contributed by atoms with Gasteiger partial charge < -0.3 is 11.1 Å². The Bertz CT molecular complexity index is 313. The normalized spacial score (nSPS) is 12.7. The van der Waals surface area contributed by atoms with Gasteiger partial charge in [-0.05, 0) is 14.0 Å². The van der Waals surface area contributed by atoms with Gasteiger partial charge in [0.25, 0.3) is 0 Å². The number of amides is 1. The number of thioether (sulfide) groups is 1. The highest BCUT2D eigenvalue weighted by molar-refractivity contribution is 7.99. The number of rotatable bonds is 5. The van der Waals surface area contributed by atoms with Gasteiger partial charge in [-0.1, -0.05) is 11.8 Å². The summed E-state index contributed by atoms with van der Waals surface area (Å²) in [5.41, 5.74) is 5.15. The van der Waals surface area contributed by atoms with Crippen LogP contribution >= 0.6 is 11.8 Å². The highest BCUT2D eigenvalue weighted by Crippen LogP contribution is 2.12. The molecule has 1 unspecified atom stereocenters. The van der Waals surface area contributed by atoms with Crippen LogP contribution in [0.5, 0.6) is 0 Å². The number of nitrogens with zero attached hydrogens (tertiary/aromatic N) is 2. The summed E-state index contributed by atoms with van der Waals surface area (Å²) in [5, 5.41) is 10.1. The molecule has 0 bridgehead atoms. The highest BCUT2D eigenvalue weighted by atomic mass is 32.2. The van der Waals surface area contributed by atoms with Crippen LogP contribution in [0.15, 0.2) is 5.16 Å². The molecule has 0 aliphatic carbocycles. The zero-order chi connectivity index (χ0) is 10.6. The first-order valence-electron chi connectivity index (χ1n) is 4.12. The van der Waals surface area contributed by atoms with E-state index in [1.165, 1.54) is 11.8 Å². The molecule has 0 aliphatic rings. The van der Waals surface area contributed by atoms with Crippen molar-refractivity contribution in [2.75, 3.05) is 12.8 Å². The fourth-order valence-corrected chi connectivity index (χ4v) is 1.81. The van der Waals surface area contributed by atoms with Crippen LogP contribution in [-0.4, -0.2) is 39.9 Å². The zero-order valence-electron chi connectivity index (χ0n) is 8.07. The van der Waals surface area contributed by atoms with E-state index in [1.54, 1.807) is 7.05 Å². The minimum absolute atomic E-state index is 0.348. The molecular formula is C7H13N5OS. The molecule has 4 N–H and O–H groups in total. The Balaban J connectivity index is 2.43. The summed E-state index contributed by atoms with van der Waals surface area (Å²) in [6, 6.07) is -0.348. The number of nitrogens with one attached hydrogen (secondary N) is 2. The summed E-state index contributed by atoms with van der Waals surface area (Å²) in [6.45, 7) is 1.82. The number of hydrogen-bond acceptors (Lipinski definition) is 5. The maximum absolute atomic E-state index is 10.9. The lowest BCUT2D eigenvalue weighted by Crippen LogP contribution is -2.41. The third kappa shape index (κ3) is 3.00. The molecule has 0 fully saturated rings. The van der Waals surface area contributed by atoms with E-state index < -0.39 is 0 Å². The first kappa shape index (κ1) is 11.0. The SMILES string of the molecule is CNC(CSc1n[nH]c(C)n1)C(N)=O. The lowest BCUT2D eigenvalue weighted by Gasteiger charge is -2.09. The lowest BCUT2D eigenvalue weighted by atomic mass is 10.3. The maximum Gasteiger partial charge on any atom is 0.235 e. The standard InChI is InChI=1S/C7H13N5OS/c1-4-10-7(12-11-4)14-3-5(9-2)6(8)13/h5,9H,3H2,1-2H3,(H2,8,13)(H,10,11,12). The fraction of sp³-hybridized carbons (Fsp3) is 0.571. The van der Waals surface area contributed by atoms with Crippen LogP contribution in [0.3, 0.4) is 0 Å². The van der Waals surface area contributed by atoms with Crippen LogP contribution in [0, 0.1) is 6.92 Å². The Morgan fingerprint density at radius 1 is 1.79 bits per heavy atom. The number of aromatic nitrogens is 3. The smallest absolute Gasteiger partial charge is 0.235 e. The second kappa shape index (κ2) is 4.97. The third-order valence-corrected chi connectivity index (χ3v) is 2.59. The Labute approximate surface area is 86.0 Å². The van der Waals surface area contributed by atoms with Crippen LogP contribution in [0.2, 0.25) is 0 Å². The summed E-state index contributed by atoms with van der Waals surface area (Å²) in [5.74, 6) is 0.920. The number of aromatic amines is 1. The van der Waals surface area contributed by atoms with E-state index in [0.717, 1.165) is 5.82 Å². The largest absolute Gasteiger partial charge is 0.368 e. The molecule has 1 atom stereocenters. The van der Waals surface area contributed by atoms with Gasteiger partial charge in [0.05, 0.1) is 6.04 Å². The maximum atomic E-state index is 10.9. The number of hydrogen-bond donors (Lipinski definition) is 3. The quantitative estimate of drug-likeness (QED) is 0.563. The minimum Gasteiger partial charge on any atom is -0.368 e. The third-order valence-electron chi connectivity index (χ3n) is 1.65. The Morgan fingerprint density at radius 2 is 2.50 bits per heavy atom. The van der Waals surface area contributed by atoms with Crippen LogP contribution in [0.4, 0.5) is 0 Å². The van der Waals surface area contributed by atoms with Crippen molar-refractivity contribution < 1.29 is 4.79 Å². The first-order valence-corrected chi connectivity index (χ1v) is 5.10. The van der Waals surface area contributed by atoms with Crippen LogP contribution in [0.1, 0.15) is 5.82 Å². The molecular weight excluding hydrogens is 202 g/mol. The van der Waals surface area contributed by atoms with Gasteiger partial charge in [-0.15, -0.1) is 5.10 Å². The zero-order valence-corrected chi connectivity index (χ0v) is 8.89. The second-order valence-corrected chi connectivity index (χ2v) is 3.75.